The highest BCUT2D eigenvalue weighted by molar-refractivity contribution is 5.96. The van der Waals surface area contributed by atoms with Gasteiger partial charge in [0.15, 0.2) is 5.78 Å². The number of benzene rings is 1. The van der Waals surface area contributed by atoms with Crippen LogP contribution in [0.3, 0.4) is 0 Å². The van der Waals surface area contributed by atoms with E-state index in [9.17, 15) is 19.2 Å². The van der Waals surface area contributed by atoms with Gasteiger partial charge in [0.2, 0.25) is 0 Å². The van der Waals surface area contributed by atoms with Gasteiger partial charge < -0.3 is 9.47 Å². The number of hydrogen-bond donors (Lipinski definition) is 1. The molecule has 1 fully saturated rings. The SMILES string of the molecule is CCC1OC(n2cc(C)c(=O)[nH]c2=O)CC1OC(=O)CCCC(=O)c1cc(C)c(C)c(C)c1. The Kier molecular flexibility index (Phi) is 7.68. The van der Waals surface area contributed by atoms with E-state index in [4.69, 9.17) is 9.47 Å². The highest BCUT2D eigenvalue weighted by Crippen LogP contribution is 2.32. The molecule has 0 bridgehead atoms. The van der Waals surface area contributed by atoms with Crippen molar-refractivity contribution in [3.63, 3.8) is 0 Å². The highest BCUT2D eigenvalue weighted by Gasteiger charge is 2.38. The number of carbonyl (C=O) groups is 2. The first-order valence-corrected chi connectivity index (χ1v) is 11.4. The second-order valence-electron chi connectivity index (χ2n) is 8.79. The maximum absolute atomic E-state index is 12.5. The molecular weight excluding hydrogens is 424 g/mol. The zero-order valence-electron chi connectivity index (χ0n) is 19.9. The van der Waals surface area contributed by atoms with Crippen molar-refractivity contribution in [2.24, 2.45) is 0 Å². The molecule has 1 aromatic carbocycles. The Labute approximate surface area is 192 Å². The number of rotatable bonds is 8. The fourth-order valence-corrected chi connectivity index (χ4v) is 4.12. The molecule has 1 aromatic heterocycles. The van der Waals surface area contributed by atoms with Crippen LogP contribution in [0.15, 0.2) is 27.9 Å². The van der Waals surface area contributed by atoms with E-state index in [2.05, 4.69) is 4.98 Å². The first-order chi connectivity index (χ1) is 15.6. The molecule has 33 heavy (non-hydrogen) atoms. The number of aryl methyl sites for hydroxylation is 3. The third-order valence-electron chi connectivity index (χ3n) is 6.36. The number of esters is 1. The minimum atomic E-state index is -0.620. The third kappa shape index (κ3) is 5.68. The van der Waals surface area contributed by atoms with Crippen molar-refractivity contribution in [3.05, 3.63) is 67.0 Å². The van der Waals surface area contributed by atoms with E-state index in [0.29, 0.717) is 30.4 Å². The summed E-state index contributed by atoms with van der Waals surface area (Å²) in [7, 11) is 0. The Bertz CT molecular complexity index is 1140. The lowest BCUT2D eigenvalue weighted by atomic mass is 9.97. The van der Waals surface area contributed by atoms with Crippen LogP contribution >= 0.6 is 0 Å². The van der Waals surface area contributed by atoms with Crippen molar-refractivity contribution >= 4 is 11.8 Å². The van der Waals surface area contributed by atoms with Crippen molar-refractivity contribution < 1.29 is 19.1 Å². The Balaban J connectivity index is 1.55. The average molecular weight is 457 g/mol. The van der Waals surface area contributed by atoms with Gasteiger partial charge in [-0.25, -0.2) is 4.79 Å². The summed E-state index contributed by atoms with van der Waals surface area (Å²) in [6.45, 7) is 9.53. The molecule has 178 valence electrons. The van der Waals surface area contributed by atoms with Gasteiger partial charge in [-0.05, 0) is 69.4 Å². The van der Waals surface area contributed by atoms with Gasteiger partial charge in [-0.15, -0.1) is 0 Å². The maximum Gasteiger partial charge on any atom is 0.330 e. The van der Waals surface area contributed by atoms with Crippen LogP contribution in [0.1, 0.15) is 77.9 Å². The molecule has 0 aliphatic carbocycles. The van der Waals surface area contributed by atoms with E-state index in [0.717, 1.165) is 11.1 Å². The van der Waals surface area contributed by atoms with E-state index in [1.807, 2.05) is 39.8 Å². The van der Waals surface area contributed by atoms with Gasteiger partial charge in [-0.3, -0.25) is 23.9 Å². The summed E-state index contributed by atoms with van der Waals surface area (Å²) in [4.78, 5) is 51.0. The number of ketones is 1. The van der Waals surface area contributed by atoms with E-state index >= 15 is 0 Å². The first-order valence-electron chi connectivity index (χ1n) is 11.4. The van der Waals surface area contributed by atoms with Crippen LogP contribution in [0.2, 0.25) is 0 Å². The van der Waals surface area contributed by atoms with Gasteiger partial charge in [-0.2, -0.15) is 0 Å². The fraction of sp³-hybridized carbons (Fsp3) is 0.520. The second kappa shape index (κ2) is 10.3. The molecule has 0 spiro atoms. The Hall–Kier alpha value is -3.00. The molecule has 8 nitrogen and oxygen atoms in total. The summed E-state index contributed by atoms with van der Waals surface area (Å²) in [5.74, 6) is -0.380. The van der Waals surface area contributed by atoms with E-state index in [-0.39, 0.29) is 24.7 Å². The quantitative estimate of drug-likeness (QED) is 0.482. The van der Waals surface area contributed by atoms with Crippen LogP contribution in [0, 0.1) is 27.7 Å². The van der Waals surface area contributed by atoms with E-state index in [1.54, 1.807) is 6.92 Å². The summed E-state index contributed by atoms with van der Waals surface area (Å²) >= 11 is 0. The second-order valence-corrected chi connectivity index (χ2v) is 8.79. The number of nitrogens with zero attached hydrogens (tertiary/aromatic N) is 1. The molecule has 1 saturated heterocycles. The molecule has 0 saturated carbocycles. The number of aromatic nitrogens is 2. The van der Waals surface area contributed by atoms with Crippen molar-refractivity contribution in [1.82, 2.24) is 9.55 Å². The summed E-state index contributed by atoms with van der Waals surface area (Å²) in [6.07, 6.45) is 1.72. The number of hydrogen-bond acceptors (Lipinski definition) is 6. The number of aromatic amines is 1. The molecule has 1 aliphatic rings. The van der Waals surface area contributed by atoms with Crippen molar-refractivity contribution in [2.45, 2.75) is 85.2 Å². The van der Waals surface area contributed by atoms with E-state index in [1.165, 1.54) is 16.3 Å². The number of ether oxygens (including phenoxy) is 2. The predicted octanol–water partition coefficient (Wildman–Crippen LogP) is 3.43. The predicted molar refractivity (Wildman–Crippen MR) is 124 cm³/mol. The molecule has 3 atom stereocenters. The minimum Gasteiger partial charge on any atom is -0.459 e. The van der Waals surface area contributed by atoms with Gasteiger partial charge >= 0.3 is 11.7 Å². The third-order valence-corrected chi connectivity index (χ3v) is 6.36. The number of nitrogens with one attached hydrogen (secondary N) is 1. The lowest BCUT2D eigenvalue weighted by Gasteiger charge is -2.17. The van der Waals surface area contributed by atoms with Crippen LogP contribution in [0.25, 0.3) is 0 Å². The zero-order valence-corrected chi connectivity index (χ0v) is 19.9. The molecule has 0 amide bonds. The normalized spacial score (nSPS) is 20.1. The lowest BCUT2D eigenvalue weighted by molar-refractivity contribution is -0.152. The average Bonchev–Trinajstić information content (AvgIpc) is 3.16. The van der Waals surface area contributed by atoms with Crippen LogP contribution in [-0.4, -0.2) is 33.5 Å². The van der Waals surface area contributed by atoms with Gasteiger partial charge in [0, 0.05) is 36.6 Å². The van der Waals surface area contributed by atoms with Crippen molar-refractivity contribution in [2.75, 3.05) is 0 Å². The summed E-state index contributed by atoms with van der Waals surface area (Å²) < 4.78 is 12.9. The minimum absolute atomic E-state index is 0.0116. The molecule has 0 radical (unpaired) electrons. The largest absolute Gasteiger partial charge is 0.459 e. The fourth-order valence-electron chi connectivity index (χ4n) is 4.12. The molecule has 2 aromatic rings. The van der Waals surface area contributed by atoms with Gasteiger partial charge in [-0.1, -0.05) is 6.92 Å². The van der Waals surface area contributed by atoms with Gasteiger partial charge in [0.1, 0.15) is 12.3 Å². The smallest absolute Gasteiger partial charge is 0.330 e. The van der Waals surface area contributed by atoms with Gasteiger partial charge in [0.05, 0.1) is 6.10 Å². The van der Waals surface area contributed by atoms with Crippen LogP contribution in [0.4, 0.5) is 0 Å². The summed E-state index contributed by atoms with van der Waals surface area (Å²) in [5.41, 5.74) is 3.41. The molecule has 3 unspecified atom stereocenters. The van der Waals surface area contributed by atoms with Crippen LogP contribution in [0.5, 0.6) is 0 Å². The number of H-pyrrole nitrogens is 1. The molecule has 1 N–H and O–H groups in total. The van der Waals surface area contributed by atoms with Crippen molar-refractivity contribution in [3.8, 4) is 0 Å². The van der Waals surface area contributed by atoms with E-state index < -0.39 is 29.6 Å². The summed E-state index contributed by atoms with van der Waals surface area (Å²) in [5, 5.41) is 0. The number of carbonyl (C=O) groups excluding carboxylic acids is 2. The van der Waals surface area contributed by atoms with Crippen LogP contribution in [-0.2, 0) is 14.3 Å². The summed E-state index contributed by atoms with van der Waals surface area (Å²) in [6, 6.07) is 3.79. The molecule has 2 heterocycles. The Morgan fingerprint density at radius 1 is 1.09 bits per heavy atom. The zero-order chi connectivity index (χ0) is 24.3. The first kappa shape index (κ1) is 24.6. The Morgan fingerprint density at radius 3 is 2.39 bits per heavy atom. The maximum atomic E-state index is 12.5. The highest BCUT2D eigenvalue weighted by atomic mass is 16.6. The van der Waals surface area contributed by atoms with Gasteiger partial charge in [0.25, 0.3) is 5.56 Å². The van der Waals surface area contributed by atoms with Crippen LogP contribution < -0.4 is 11.2 Å². The molecule has 3 rings (SSSR count). The molecule has 1 aliphatic heterocycles. The monoisotopic (exact) mass is 456 g/mol. The standard InChI is InChI=1S/C25H32N2O6/c1-6-20-21(12-22(32-20)27-13-16(4)24(30)26-25(27)31)33-23(29)9-7-8-19(28)18-10-14(2)17(5)15(3)11-18/h10-11,13,20-22H,6-9,12H2,1-5H3,(H,26,30,31). The lowest BCUT2D eigenvalue weighted by Crippen LogP contribution is -2.33. The molecule has 8 heteroatoms. The topological polar surface area (TPSA) is 107 Å². The Morgan fingerprint density at radius 2 is 1.76 bits per heavy atom. The number of Topliss-reactive ketones (excluding diaryl/α,β-unsaturated/α-hetero) is 1. The van der Waals surface area contributed by atoms with Crippen molar-refractivity contribution in [1.29, 1.82) is 0 Å². The molecular formula is C25H32N2O6.